The van der Waals surface area contributed by atoms with E-state index in [2.05, 4.69) is 29.5 Å². The Labute approximate surface area is 166 Å². The summed E-state index contributed by atoms with van der Waals surface area (Å²) in [5.41, 5.74) is 7.67. The summed E-state index contributed by atoms with van der Waals surface area (Å²) < 4.78 is 1.75. The maximum atomic E-state index is 12.9. The molecule has 3 N–H and O–H groups in total. The van der Waals surface area contributed by atoms with Crippen molar-refractivity contribution in [1.29, 1.82) is 0 Å². The Morgan fingerprint density at radius 1 is 1.32 bits per heavy atom. The van der Waals surface area contributed by atoms with E-state index in [0.717, 1.165) is 43.3 Å². The molecule has 0 unspecified atom stereocenters. The van der Waals surface area contributed by atoms with E-state index in [4.69, 9.17) is 10.7 Å². The van der Waals surface area contributed by atoms with Gasteiger partial charge in [-0.3, -0.25) is 4.79 Å². The van der Waals surface area contributed by atoms with Crippen LogP contribution in [0.3, 0.4) is 0 Å². The lowest BCUT2D eigenvalue weighted by atomic mass is 10.1. The molecule has 0 radical (unpaired) electrons. The van der Waals surface area contributed by atoms with E-state index in [1.807, 2.05) is 23.1 Å². The molecule has 0 spiro atoms. The number of nitrogens with one attached hydrogen (secondary N) is 1. The average molecular weight is 383 g/mol. The van der Waals surface area contributed by atoms with Gasteiger partial charge in [0.15, 0.2) is 5.82 Å². The summed E-state index contributed by atoms with van der Waals surface area (Å²) in [5, 5.41) is 8.00. The molecule has 1 aromatic heterocycles. The van der Waals surface area contributed by atoms with E-state index in [9.17, 15) is 4.79 Å². The Morgan fingerprint density at radius 2 is 2.11 bits per heavy atom. The topological polar surface area (TPSA) is 89.1 Å². The van der Waals surface area contributed by atoms with Crippen molar-refractivity contribution >= 4 is 5.91 Å². The van der Waals surface area contributed by atoms with Crippen molar-refractivity contribution in [3.63, 3.8) is 0 Å². The van der Waals surface area contributed by atoms with Gasteiger partial charge in [-0.2, -0.15) is 5.10 Å². The Morgan fingerprint density at radius 3 is 2.82 bits per heavy atom. The van der Waals surface area contributed by atoms with Crippen molar-refractivity contribution in [3.05, 3.63) is 47.5 Å². The molecule has 7 nitrogen and oxygen atoms in total. The van der Waals surface area contributed by atoms with Gasteiger partial charge in [0, 0.05) is 32.1 Å². The summed E-state index contributed by atoms with van der Waals surface area (Å²) in [6.07, 6.45) is 4.06. The number of carbonyl (C=O) groups is 1. The van der Waals surface area contributed by atoms with Crippen LogP contribution in [0.25, 0.3) is 0 Å². The van der Waals surface area contributed by atoms with Gasteiger partial charge in [-0.15, -0.1) is 0 Å². The summed E-state index contributed by atoms with van der Waals surface area (Å²) >= 11 is 0. The molecular formula is C21H30N6O. The lowest BCUT2D eigenvalue weighted by Gasteiger charge is -2.34. The monoisotopic (exact) mass is 382 g/mol. The smallest absolute Gasteiger partial charge is 0.244 e. The molecule has 4 rings (SSSR count). The summed E-state index contributed by atoms with van der Waals surface area (Å²) in [5.74, 6) is 2.32. The van der Waals surface area contributed by atoms with Gasteiger partial charge < -0.3 is 16.0 Å². The minimum Gasteiger partial charge on any atom is -0.336 e. The van der Waals surface area contributed by atoms with Crippen LogP contribution in [0, 0.1) is 5.92 Å². The van der Waals surface area contributed by atoms with Crippen LogP contribution < -0.4 is 11.1 Å². The Kier molecular flexibility index (Phi) is 5.73. The molecule has 7 heteroatoms. The summed E-state index contributed by atoms with van der Waals surface area (Å²) in [6.45, 7) is 4.68. The first-order chi connectivity index (χ1) is 13.6. The predicted molar refractivity (Wildman–Crippen MR) is 108 cm³/mol. The molecule has 150 valence electrons. The van der Waals surface area contributed by atoms with Crippen LogP contribution in [-0.2, 0) is 24.2 Å². The first kappa shape index (κ1) is 19.1. The third-order valence-electron chi connectivity index (χ3n) is 5.65. The molecule has 1 aliphatic carbocycles. The highest BCUT2D eigenvalue weighted by Crippen LogP contribution is 2.32. The molecule has 1 saturated carbocycles. The summed E-state index contributed by atoms with van der Waals surface area (Å²) in [4.78, 5) is 19.6. The molecule has 2 aromatic rings. The van der Waals surface area contributed by atoms with Gasteiger partial charge in [0.05, 0.1) is 6.04 Å². The Balaban J connectivity index is 1.52. The van der Waals surface area contributed by atoms with Gasteiger partial charge in [-0.05, 0) is 37.7 Å². The number of nitrogens with two attached hydrogens (primary N) is 1. The molecule has 28 heavy (non-hydrogen) atoms. The van der Waals surface area contributed by atoms with E-state index in [1.165, 1.54) is 12.8 Å². The normalized spacial score (nSPS) is 20.9. The number of amides is 1. The van der Waals surface area contributed by atoms with Crippen LogP contribution in [0.4, 0.5) is 0 Å². The molecule has 1 aromatic carbocycles. The number of hydrogen-bond acceptors (Lipinski definition) is 5. The lowest BCUT2D eigenvalue weighted by molar-refractivity contribution is -0.134. The Hall–Kier alpha value is -2.25. The van der Waals surface area contributed by atoms with Crippen molar-refractivity contribution in [1.82, 2.24) is 25.0 Å². The van der Waals surface area contributed by atoms with Crippen molar-refractivity contribution in [2.45, 2.75) is 51.2 Å². The predicted octanol–water partition coefficient (Wildman–Crippen LogP) is 1.29. The largest absolute Gasteiger partial charge is 0.336 e. The highest BCUT2D eigenvalue weighted by molar-refractivity contribution is 5.76. The van der Waals surface area contributed by atoms with E-state index in [-0.39, 0.29) is 24.5 Å². The maximum Gasteiger partial charge on any atom is 0.244 e. The number of carbonyl (C=O) groups excluding carboxylic acids is 1. The second-order valence-corrected chi connectivity index (χ2v) is 8.13. The highest BCUT2D eigenvalue weighted by Gasteiger charge is 2.28. The van der Waals surface area contributed by atoms with Gasteiger partial charge in [-0.1, -0.05) is 30.3 Å². The van der Waals surface area contributed by atoms with Crippen molar-refractivity contribution in [3.8, 4) is 0 Å². The third kappa shape index (κ3) is 4.59. The molecule has 2 atom stereocenters. The van der Waals surface area contributed by atoms with Crippen molar-refractivity contribution in [2.24, 2.45) is 11.7 Å². The number of piperazine rings is 1. The number of hydrogen-bond donors (Lipinski definition) is 2. The Bertz CT molecular complexity index is 800. The standard InChI is InChI=1S/C21H30N6O/c1-15-13-23-9-10-26(15)20(28)14-27-21(24-19(25-27)12-17-7-8-17)18(22)11-16-5-3-2-4-6-16/h2-6,15,17-18,23H,7-14,22H2,1H3/t15-,18-/m1/s1. The van der Waals surface area contributed by atoms with Crippen LogP contribution in [0.2, 0.25) is 0 Å². The van der Waals surface area contributed by atoms with Crippen LogP contribution in [-0.4, -0.2) is 51.2 Å². The molecule has 0 bridgehead atoms. The van der Waals surface area contributed by atoms with Crippen LogP contribution in [0.5, 0.6) is 0 Å². The van der Waals surface area contributed by atoms with E-state index >= 15 is 0 Å². The summed E-state index contributed by atoms with van der Waals surface area (Å²) in [7, 11) is 0. The molecule has 1 amide bonds. The first-order valence-corrected chi connectivity index (χ1v) is 10.3. The van der Waals surface area contributed by atoms with E-state index in [0.29, 0.717) is 12.3 Å². The zero-order valence-corrected chi connectivity index (χ0v) is 16.6. The van der Waals surface area contributed by atoms with Crippen molar-refractivity contribution < 1.29 is 4.79 Å². The number of aromatic nitrogens is 3. The highest BCUT2D eigenvalue weighted by atomic mass is 16.2. The zero-order valence-electron chi connectivity index (χ0n) is 16.6. The average Bonchev–Trinajstić information content (AvgIpc) is 3.41. The number of benzene rings is 1. The van der Waals surface area contributed by atoms with Gasteiger partial charge in [0.2, 0.25) is 5.91 Å². The molecule has 2 fully saturated rings. The molecule has 2 heterocycles. The van der Waals surface area contributed by atoms with Gasteiger partial charge in [-0.25, -0.2) is 9.67 Å². The number of nitrogens with zero attached hydrogens (tertiary/aromatic N) is 4. The lowest BCUT2D eigenvalue weighted by Crippen LogP contribution is -2.53. The fraction of sp³-hybridized carbons (Fsp3) is 0.571. The fourth-order valence-electron chi connectivity index (χ4n) is 3.85. The van der Waals surface area contributed by atoms with Gasteiger partial charge in [0.25, 0.3) is 0 Å². The fourth-order valence-corrected chi connectivity index (χ4v) is 3.85. The quantitative estimate of drug-likeness (QED) is 0.753. The van der Waals surface area contributed by atoms with Crippen LogP contribution >= 0.6 is 0 Å². The van der Waals surface area contributed by atoms with Crippen LogP contribution in [0.1, 0.15) is 43.0 Å². The number of rotatable bonds is 7. The molecular weight excluding hydrogens is 352 g/mol. The van der Waals surface area contributed by atoms with Gasteiger partial charge in [0.1, 0.15) is 12.4 Å². The van der Waals surface area contributed by atoms with Crippen molar-refractivity contribution in [2.75, 3.05) is 19.6 Å². The van der Waals surface area contributed by atoms with E-state index in [1.54, 1.807) is 4.68 Å². The minimum atomic E-state index is -0.281. The van der Waals surface area contributed by atoms with E-state index < -0.39 is 0 Å². The molecule has 2 aliphatic rings. The second-order valence-electron chi connectivity index (χ2n) is 8.13. The summed E-state index contributed by atoms with van der Waals surface area (Å²) in [6, 6.07) is 10.1. The zero-order chi connectivity index (χ0) is 19.5. The first-order valence-electron chi connectivity index (χ1n) is 10.3. The second kappa shape index (κ2) is 8.41. The SMILES string of the molecule is C[C@@H]1CNCCN1C(=O)Cn1nc(CC2CC2)nc1[C@H](N)Cc1ccccc1. The molecule has 1 saturated heterocycles. The maximum absolute atomic E-state index is 12.9. The third-order valence-corrected chi connectivity index (χ3v) is 5.65. The van der Waals surface area contributed by atoms with Crippen LogP contribution in [0.15, 0.2) is 30.3 Å². The minimum absolute atomic E-state index is 0.0880. The molecule has 1 aliphatic heterocycles. The van der Waals surface area contributed by atoms with Gasteiger partial charge >= 0.3 is 0 Å².